The third-order valence-corrected chi connectivity index (χ3v) is 6.89. The molecule has 0 radical (unpaired) electrons. The Bertz CT molecular complexity index is 1380. The molecule has 4 aromatic rings. The van der Waals surface area contributed by atoms with Gasteiger partial charge in [-0.1, -0.05) is 42.5 Å². The van der Waals surface area contributed by atoms with Gasteiger partial charge in [0.05, 0.1) is 34.1 Å². The van der Waals surface area contributed by atoms with Crippen molar-refractivity contribution in [2.45, 2.75) is 6.54 Å². The SMILES string of the molecule is COc1ccc(C=C2SC(=O)N(Cc3c4ccccc4nc4ccccc34)C2=O)cc1Br. The van der Waals surface area contributed by atoms with E-state index in [1.54, 1.807) is 13.2 Å². The van der Waals surface area contributed by atoms with Crippen molar-refractivity contribution < 1.29 is 14.3 Å². The van der Waals surface area contributed by atoms with Gasteiger partial charge in [-0.3, -0.25) is 14.5 Å². The molecule has 0 saturated carbocycles. The lowest BCUT2D eigenvalue weighted by molar-refractivity contribution is -0.123. The van der Waals surface area contributed by atoms with Gasteiger partial charge in [0.1, 0.15) is 5.75 Å². The molecule has 3 aromatic carbocycles. The Morgan fingerprint density at radius 1 is 1.00 bits per heavy atom. The molecule has 32 heavy (non-hydrogen) atoms. The Hall–Kier alpha value is -3.16. The molecule has 0 aliphatic carbocycles. The molecule has 158 valence electrons. The minimum Gasteiger partial charge on any atom is -0.496 e. The zero-order valence-electron chi connectivity index (χ0n) is 17.0. The molecular formula is C25H17BrN2O3S. The van der Waals surface area contributed by atoms with Gasteiger partial charge in [-0.2, -0.15) is 0 Å². The summed E-state index contributed by atoms with van der Waals surface area (Å²) in [5.41, 5.74) is 3.41. The first kappa shape index (κ1) is 20.7. The number of nitrogens with zero attached hydrogens (tertiary/aromatic N) is 2. The third kappa shape index (κ3) is 3.67. The van der Waals surface area contributed by atoms with Crippen molar-refractivity contribution in [3.63, 3.8) is 0 Å². The number of halogens is 1. The van der Waals surface area contributed by atoms with E-state index in [4.69, 9.17) is 9.72 Å². The number of methoxy groups -OCH3 is 1. The Morgan fingerprint density at radius 2 is 1.66 bits per heavy atom. The predicted molar refractivity (Wildman–Crippen MR) is 131 cm³/mol. The first-order chi connectivity index (χ1) is 15.5. The molecule has 5 nitrogen and oxygen atoms in total. The summed E-state index contributed by atoms with van der Waals surface area (Å²) >= 11 is 4.42. The number of fused-ring (bicyclic) bond motifs is 2. The van der Waals surface area contributed by atoms with Crippen LogP contribution in [0.3, 0.4) is 0 Å². The number of carbonyl (C=O) groups is 2. The lowest BCUT2D eigenvalue weighted by Gasteiger charge is -2.16. The fourth-order valence-corrected chi connectivity index (χ4v) is 5.21. The third-order valence-electron chi connectivity index (χ3n) is 5.36. The summed E-state index contributed by atoms with van der Waals surface area (Å²) in [6, 6.07) is 21.1. The smallest absolute Gasteiger partial charge is 0.293 e. The normalized spacial score (nSPS) is 15.3. The van der Waals surface area contributed by atoms with Gasteiger partial charge in [-0.25, -0.2) is 4.98 Å². The van der Waals surface area contributed by atoms with Gasteiger partial charge >= 0.3 is 0 Å². The Kier molecular flexibility index (Phi) is 5.45. The van der Waals surface area contributed by atoms with Crippen LogP contribution in [0.15, 0.2) is 76.1 Å². The quantitative estimate of drug-likeness (QED) is 0.238. The van der Waals surface area contributed by atoms with Crippen LogP contribution in [-0.2, 0) is 11.3 Å². The number of pyridine rings is 1. The van der Waals surface area contributed by atoms with Crippen LogP contribution >= 0.6 is 27.7 Å². The maximum atomic E-state index is 13.2. The van der Waals surface area contributed by atoms with E-state index in [9.17, 15) is 9.59 Å². The highest BCUT2D eigenvalue weighted by molar-refractivity contribution is 9.10. The molecule has 1 aromatic heterocycles. The standard InChI is InChI=1S/C25H17BrN2O3S/c1-31-22-11-10-15(12-19(22)26)13-23-24(29)28(25(30)32-23)14-18-16-6-2-4-8-20(16)27-21-9-5-3-7-17(18)21/h2-13H,14H2,1H3. The fourth-order valence-electron chi connectivity index (χ4n) is 3.82. The zero-order valence-corrected chi connectivity index (χ0v) is 19.4. The number of rotatable bonds is 4. The van der Waals surface area contributed by atoms with Crippen LogP contribution in [0.4, 0.5) is 4.79 Å². The van der Waals surface area contributed by atoms with E-state index in [0.717, 1.165) is 49.2 Å². The van der Waals surface area contributed by atoms with E-state index in [1.165, 1.54) is 4.90 Å². The van der Waals surface area contributed by atoms with Crippen LogP contribution in [0, 0.1) is 0 Å². The number of para-hydroxylation sites is 2. The van der Waals surface area contributed by atoms with Crippen LogP contribution in [-0.4, -0.2) is 28.1 Å². The average molecular weight is 505 g/mol. The van der Waals surface area contributed by atoms with Crippen LogP contribution in [0.2, 0.25) is 0 Å². The maximum Gasteiger partial charge on any atom is 0.293 e. The van der Waals surface area contributed by atoms with E-state index in [2.05, 4.69) is 15.9 Å². The molecule has 7 heteroatoms. The van der Waals surface area contributed by atoms with Crippen molar-refractivity contribution in [2.75, 3.05) is 7.11 Å². The van der Waals surface area contributed by atoms with Gasteiger partial charge in [0.15, 0.2) is 0 Å². The van der Waals surface area contributed by atoms with Crippen molar-refractivity contribution in [1.82, 2.24) is 9.88 Å². The van der Waals surface area contributed by atoms with Gasteiger partial charge in [-0.05, 0) is 69.2 Å². The summed E-state index contributed by atoms with van der Waals surface area (Å²) in [6.07, 6.45) is 1.73. The van der Waals surface area contributed by atoms with Crippen LogP contribution < -0.4 is 4.74 Å². The van der Waals surface area contributed by atoms with Crippen molar-refractivity contribution >= 4 is 66.7 Å². The molecule has 1 aliphatic rings. The number of ether oxygens (including phenoxy) is 1. The van der Waals surface area contributed by atoms with Gasteiger partial charge in [-0.15, -0.1) is 0 Å². The van der Waals surface area contributed by atoms with E-state index in [1.807, 2.05) is 66.7 Å². The van der Waals surface area contributed by atoms with E-state index >= 15 is 0 Å². The highest BCUT2D eigenvalue weighted by atomic mass is 79.9. The van der Waals surface area contributed by atoms with E-state index in [0.29, 0.717) is 10.7 Å². The Balaban J connectivity index is 1.53. The van der Waals surface area contributed by atoms with Crippen LogP contribution in [0.5, 0.6) is 5.75 Å². The second-order valence-electron chi connectivity index (χ2n) is 7.29. The van der Waals surface area contributed by atoms with Crippen molar-refractivity contribution in [1.29, 1.82) is 0 Å². The molecule has 1 fully saturated rings. The molecule has 2 amide bonds. The highest BCUT2D eigenvalue weighted by Crippen LogP contribution is 2.36. The summed E-state index contributed by atoms with van der Waals surface area (Å²) in [5.74, 6) is 0.406. The summed E-state index contributed by atoms with van der Waals surface area (Å²) in [7, 11) is 1.59. The molecule has 5 rings (SSSR count). The van der Waals surface area contributed by atoms with Crippen LogP contribution in [0.1, 0.15) is 11.1 Å². The second-order valence-corrected chi connectivity index (χ2v) is 9.13. The summed E-state index contributed by atoms with van der Waals surface area (Å²) < 4.78 is 6.03. The molecule has 2 heterocycles. The number of aromatic nitrogens is 1. The number of carbonyl (C=O) groups excluding carboxylic acids is 2. The maximum absolute atomic E-state index is 13.2. The zero-order chi connectivity index (χ0) is 22.2. The first-order valence-corrected chi connectivity index (χ1v) is 11.5. The van der Waals surface area contributed by atoms with Gasteiger partial charge in [0.2, 0.25) is 0 Å². The Labute approximate surface area is 197 Å². The fraction of sp³-hybridized carbons (Fsp3) is 0.0800. The predicted octanol–water partition coefficient (Wildman–Crippen LogP) is 6.40. The first-order valence-electron chi connectivity index (χ1n) is 9.90. The van der Waals surface area contributed by atoms with Crippen LogP contribution in [0.25, 0.3) is 27.9 Å². The summed E-state index contributed by atoms with van der Waals surface area (Å²) in [5, 5.41) is 1.60. The molecule has 0 spiro atoms. The highest BCUT2D eigenvalue weighted by Gasteiger charge is 2.35. The number of imide groups is 1. The Morgan fingerprint density at radius 3 is 2.28 bits per heavy atom. The summed E-state index contributed by atoms with van der Waals surface area (Å²) in [6.45, 7) is 0.192. The lowest BCUT2D eigenvalue weighted by atomic mass is 10.0. The average Bonchev–Trinajstić information content (AvgIpc) is 3.06. The minimum atomic E-state index is -0.295. The molecule has 1 saturated heterocycles. The van der Waals surface area contributed by atoms with E-state index < -0.39 is 0 Å². The van der Waals surface area contributed by atoms with E-state index in [-0.39, 0.29) is 17.7 Å². The molecule has 0 atom stereocenters. The largest absolute Gasteiger partial charge is 0.496 e. The summed E-state index contributed by atoms with van der Waals surface area (Å²) in [4.78, 5) is 32.4. The molecule has 0 bridgehead atoms. The monoisotopic (exact) mass is 504 g/mol. The van der Waals surface area contributed by atoms with Crippen molar-refractivity contribution in [3.05, 3.63) is 87.2 Å². The number of thioether (sulfide) groups is 1. The number of hydrogen-bond acceptors (Lipinski definition) is 5. The van der Waals surface area contributed by atoms with Gasteiger partial charge in [0, 0.05) is 10.8 Å². The van der Waals surface area contributed by atoms with Crippen molar-refractivity contribution in [2.24, 2.45) is 0 Å². The second kappa shape index (κ2) is 8.41. The number of amides is 2. The molecule has 0 unspecified atom stereocenters. The minimum absolute atomic E-state index is 0.192. The van der Waals surface area contributed by atoms with Gasteiger partial charge in [0.25, 0.3) is 11.1 Å². The molecular weight excluding hydrogens is 488 g/mol. The van der Waals surface area contributed by atoms with Gasteiger partial charge < -0.3 is 4.74 Å². The molecule has 0 N–H and O–H groups in total. The number of benzene rings is 3. The van der Waals surface area contributed by atoms with Crippen molar-refractivity contribution in [3.8, 4) is 5.75 Å². The molecule has 1 aliphatic heterocycles. The number of hydrogen-bond donors (Lipinski definition) is 0. The topological polar surface area (TPSA) is 59.5 Å². The lowest BCUT2D eigenvalue weighted by Crippen LogP contribution is -2.27.